The molecule has 2 heteroatoms. The number of hydrogen-bond acceptors (Lipinski definition) is 2. The zero-order valence-electron chi connectivity index (χ0n) is 11.1. The van der Waals surface area contributed by atoms with Crippen LogP contribution >= 0.6 is 0 Å². The van der Waals surface area contributed by atoms with Gasteiger partial charge in [0.25, 0.3) is 0 Å². The first kappa shape index (κ1) is 12.5. The Balaban J connectivity index is 2.08. The van der Waals surface area contributed by atoms with Crippen LogP contribution in [0.3, 0.4) is 0 Å². The molecule has 0 aliphatic rings. The Labute approximate surface area is 109 Å². The van der Waals surface area contributed by atoms with Gasteiger partial charge in [0.15, 0.2) is 0 Å². The van der Waals surface area contributed by atoms with Gasteiger partial charge >= 0.3 is 0 Å². The second kappa shape index (κ2) is 5.58. The maximum atomic E-state index is 5.15. The summed E-state index contributed by atoms with van der Waals surface area (Å²) < 4.78 is 5.15. The quantitative estimate of drug-likeness (QED) is 0.867. The zero-order valence-corrected chi connectivity index (χ0v) is 11.1. The van der Waals surface area contributed by atoms with Gasteiger partial charge in [0, 0.05) is 11.7 Å². The van der Waals surface area contributed by atoms with Crippen LogP contribution in [0.4, 0.5) is 5.69 Å². The van der Waals surface area contributed by atoms with E-state index >= 15 is 0 Å². The third-order valence-electron chi connectivity index (χ3n) is 3.02. The summed E-state index contributed by atoms with van der Waals surface area (Å²) in [7, 11) is 1.68. The SMILES string of the molecule is COc1ccc(N[C@@H](C)c2cccc(C)c2)cc1. The van der Waals surface area contributed by atoms with Crippen LogP contribution in [-0.2, 0) is 0 Å². The van der Waals surface area contributed by atoms with Gasteiger partial charge in [-0.25, -0.2) is 0 Å². The lowest BCUT2D eigenvalue weighted by Crippen LogP contribution is -2.06. The molecule has 2 aromatic carbocycles. The summed E-state index contributed by atoms with van der Waals surface area (Å²) in [6, 6.07) is 16.8. The van der Waals surface area contributed by atoms with Gasteiger partial charge in [-0.15, -0.1) is 0 Å². The molecule has 18 heavy (non-hydrogen) atoms. The standard InChI is InChI=1S/C16H19NO/c1-12-5-4-6-14(11-12)13(2)17-15-7-9-16(18-3)10-8-15/h4-11,13,17H,1-3H3/t13-/m0/s1. The summed E-state index contributed by atoms with van der Waals surface area (Å²) in [6.07, 6.45) is 0. The molecule has 0 spiro atoms. The highest BCUT2D eigenvalue weighted by Crippen LogP contribution is 2.21. The third kappa shape index (κ3) is 3.04. The van der Waals surface area contributed by atoms with Gasteiger partial charge in [0.1, 0.15) is 5.75 Å². The Morgan fingerprint density at radius 1 is 1.06 bits per heavy atom. The average Bonchev–Trinajstić information content (AvgIpc) is 2.39. The second-order valence-electron chi connectivity index (χ2n) is 4.51. The minimum absolute atomic E-state index is 0.290. The number of hydrogen-bond donors (Lipinski definition) is 1. The summed E-state index contributed by atoms with van der Waals surface area (Å²) in [5.74, 6) is 0.878. The summed E-state index contributed by atoms with van der Waals surface area (Å²) in [6.45, 7) is 4.28. The highest BCUT2D eigenvalue weighted by atomic mass is 16.5. The largest absolute Gasteiger partial charge is 0.497 e. The minimum atomic E-state index is 0.290. The molecule has 0 heterocycles. The molecule has 1 N–H and O–H groups in total. The molecule has 0 saturated carbocycles. The van der Waals surface area contributed by atoms with Crippen LogP contribution in [0.25, 0.3) is 0 Å². The lowest BCUT2D eigenvalue weighted by molar-refractivity contribution is 0.415. The van der Waals surface area contributed by atoms with E-state index in [0.29, 0.717) is 6.04 Å². The first-order chi connectivity index (χ1) is 8.69. The van der Waals surface area contributed by atoms with E-state index in [9.17, 15) is 0 Å². The Hall–Kier alpha value is -1.96. The Morgan fingerprint density at radius 3 is 2.39 bits per heavy atom. The van der Waals surface area contributed by atoms with Gasteiger partial charge in [0.05, 0.1) is 7.11 Å². The molecule has 0 radical (unpaired) electrons. The van der Waals surface area contributed by atoms with Crippen molar-refractivity contribution in [1.82, 2.24) is 0 Å². The van der Waals surface area contributed by atoms with Crippen LogP contribution < -0.4 is 10.1 Å². The highest BCUT2D eigenvalue weighted by Gasteiger charge is 2.05. The van der Waals surface area contributed by atoms with Gasteiger partial charge in [-0.05, 0) is 43.7 Å². The van der Waals surface area contributed by atoms with E-state index in [1.54, 1.807) is 7.11 Å². The molecule has 0 aromatic heterocycles. The molecule has 0 saturated heterocycles. The zero-order chi connectivity index (χ0) is 13.0. The van der Waals surface area contributed by atoms with Crippen LogP contribution in [0.15, 0.2) is 48.5 Å². The first-order valence-corrected chi connectivity index (χ1v) is 6.16. The van der Waals surface area contributed by atoms with Gasteiger partial charge < -0.3 is 10.1 Å². The van der Waals surface area contributed by atoms with Crippen molar-refractivity contribution in [2.24, 2.45) is 0 Å². The van der Waals surface area contributed by atoms with E-state index < -0.39 is 0 Å². The molecule has 2 rings (SSSR count). The Kier molecular flexibility index (Phi) is 3.88. The molecule has 0 aliphatic carbocycles. The normalized spacial score (nSPS) is 11.9. The maximum Gasteiger partial charge on any atom is 0.119 e. The van der Waals surface area contributed by atoms with Gasteiger partial charge in [0.2, 0.25) is 0 Å². The van der Waals surface area contributed by atoms with E-state index in [2.05, 4.69) is 43.4 Å². The third-order valence-corrected chi connectivity index (χ3v) is 3.02. The molecule has 0 unspecified atom stereocenters. The number of methoxy groups -OCH3 is 1. The van der Waals surface area contributed by atoms with Crippen LogP contribution in [0.5, 0.6) is 5.75 Å². The van der Waals surface area contributed by atoms with Crippen LogP contribution in [-0.4, -0.2) is 7.11 Å². The summed E-state index contributed by atoms with van der Waals surface area (Å²) >= 11 is 0. The molecule has 1 atom stereocenters. The smallest absolute Gasteiger partial charge is 0.119 e. The van der Waals surface area contributed by atoms with E-state index in [1.807, 2.05) is 24.3 Å². The molecule has 0 aliphatic heterocycles. The topological polar surface area (TPSA) is 21.3 Å². The van der Waals surface area contributed by atoms with Crippen molar-refractivity contribution in [3.05, 3.63) is 59.7 Å². The van der Waals surface area contributed by atoms with E-state index in [-0.39, 0.29) is 0 Å². The second-order valence-corrected chi connectivity index (χ2v) is 4.51. The van der Waals surface area contributed by atoms with Crippen LogP contribution in [0.1, 0.15) is 24.1 Å². The fourth-order valence-corrected chi connectivity index (χ4v) is 1.96. The van der Waals surface area contributed by atoms with E-state index in [4.69, 9.17) is 4.74 Å². The van der Waals surface area contributed by atoms with Crippen molar-refractivity contribution in [3.63, 3.8) is 0 Å². The number of rotatable bonds is 4. The molecule has 2 aromatic rings. The molecule has 0 fully saturated rings. The Morgan fingerprint density at radius 2 is 1.78 bits per heavy atom. The number of benzene rings is 2. The van der Waals surface area contributed by atoms with E-state index in [0.717, 1.165) is 11.4 Å². The molecule has 0 bridgehead atoms. The van der Waals surface area contributed by atoms with Gasteiger partial charge in [-0.3, -0.25) is 0 Å². The molecular weight excluding hydrogens is 222 g/mol. The van der Waals surface area contributed by atoms with Crippen molar-refractivity contribution >= 4 is 5.69 Å². The average molecular weight is 241 g/mol. The van der Waals surface area contributed by atoms with Crippen LogP contribution in [0, 0.1) is 6.92 Å². The number of anilines is 1. The van der Waals surface area contributed by atoms with Gasteiger partial charge in [-0.1, -0.05) is 29.8 Å². The summed E-state index contributed by atoms with van der Waals surface area (Å²) in [4.78, 5) is 0. The number of nitrogens with one attached hydrogen (secondary N) is 1. The summed E-state index contributed by atoms with van der Waals surface area (Å²) in [5, 5.41) is 3.48. The van der Waals surface area contributed by atoms with Crippen LogP contribution in [0.2, 0.25) is 0 Å². The lowest BCUT2D eigenvalue weighted by Gasteiger charge is -2.16. The van der Waals surface area contributed by atoms with Crippen molar-refractivity contribution in [1.29, 1.82) is 0 Å². The predicted molar refractivity (Wildman–Crippen MR) is 76.2 cm³/mol. The minimum Gasteiger partial charge on any atom is -0.497 e. The fourth-order valence-electron chi connectivity index (χ4n) is 1.96. The van der Waals surface area contributed by atoms with Crippen molar-refractivity contribution < 1.29 is 4.74 Å². The van der Waals surface area contributed by atoms with Crippen molar-refractivity contribution in [2.75, 3.05) is 12.4 Å². The summed E-state index contributed by atoms with van der Waals surface area (Å²) in [5.41, 5.74) is 3.69. The lowest BCUT2D eigenvalue weighted by atomic mass is 10.1. The maximum absolute atomic E-state index is 5.15. The predicted octanol–water partition coefficient (Wildman–Crippen LogP) is 4.18. The number of ether oxygens (including phenoxy) is 1. The monoisotopic (exact) mass is 241 g/mol. The first-order valence-electron chi connectivity index (χ1n) is 6.16. The fraction of sp³-hybridized carbons (Fsp3) is 0.250. The highest BCUT2D eigenvalue weighted by molar-refractivity contribution is 5.48. The Bertz CT molecular complexity index is 505. The molecule has 0 amide bonds. The number of aryl methyl sites for hydroxylation is 1. The van der Waals surface area contributed by atoms with Crippen molar-refractivity contribution in [3.8, 4) is 5.75 Å². The van der Waals surface area contributed by atoms with Gasteiger partial charge in [-0.2, -0.15) is 0 Å². The van der Waals surface area contributed by atoms with E-state index in [1.165, 1.54) is 11.1 Å². The van der Waals surface area contributed by atoms with Crippen molar-refractivity contribution in [2.45, 2.75) is 19.9 Å². The molecule has 2 nitrogen and oxygen atoms in total. The molecular formula is C16H19NO. The molecule has 94 valence electrons.